The largest absolute Gasteiger partial charge is 0.482 e. The van der Waals surface area contributed by atoms with E-state index < -0.39 is 24.3 Å². The van der Waals surface area contributed by atoms with Crippen LogP contribution in [0.3, 0.4) is 0 Å². The minimum Gasteiger partial charge on any atom is -0.482 e. The molecule has 7 nitrogen and oxygen atoms in total. The molecule has 1 saturated heterocycles. The number of thiazole rings is 1. The van der Waals surface area contributed by atoms with E-state index in [2.05, 4.69) is 4.98 Å². The quantitative estimate of drug-likeness (QED) is 0.304. The van der Waals surface area contributed by atoms with E-state index in [-0.39, 0.29) is 11.8 Å². The van der Waals surface area contributed by atoms with Crippen LogP contribution in [0.2, 0.25) is 0 Å². The summed E-state index contributed by atoms with van der Waals surface area (Å²) in [5.74, 6) is -0.622. The Labute approximate surface area is 241 Å². The summed E-state index contributed by atoms with van der Waals surface area (Å²) in [6, 6.07) is 10.5. The summed E-state index contributed by atoms with van der Waals surface area (Å²) in [7, 11) is 0. The van der Waals surface area contributed by atoms with Crippen molar-refractivity contribution < 1.29 is 37.3 Å². The van der Waals surface area contributed by atoms with Crippen LogP contribution in [0.4, 0.5) is 13.2 Å². The molecule has 11 heteroatoms. The fourth-order valence-corrected chi connectivity index (χ4v) is 5.51. The number of halogens is 3. The third-order valence-electron chi connectivity index (χ3n) is 6.60. The molecule has 1 unspecified atom stereocenters. The number of ether oxygens (including phenoxy) is 2. The molecule has 3 aromatic rings. The molecule has 1 atom stereocenters. The molecular weight excluding hydrogens is 557 g/mol. The molecule has 222 valence electrons. The number of carboxylic acids is 1. The average molecular weight is 593 g/mol. The Morgan fingerprint density at radius 3 is 2.37 bits per heavy atom. The summed E-state index contributed by atoms with van der Waals surface area (Å²) in [6.07, 6.45) is -2.73. The lowest BCUT2D eigenvalue weighted by molar-refractivity contribution is -0.139. The number of hydrogen-bond acceptors (Lipinski definition) is 6. The van der Waals surface area contributed by atoms with Gasteiger partial charge in [-0.2, -0.15) is 13.2 Å². The smallest absolute Gasteiger partial charge is 0.416 e. The number of carboxylic acid groups (broad SMARTS) is 1. The van der Waals surface area contributed by atoms with Crippen molar-refractivity contribution in [2.24, 2.45) is 0 Å². The van der Waals surface area contributed by atoms with Gasteiger partial charge in [0.25, 0.3) is 5.91 Å². The number of benzene rings is 2. The van der Waals surface area contributed by atoms with Gasteiger partial charge in [0.1, 0.15) is 15.6 Å². The van der Waals surface area contributed by atoms with E-state index >= 15 is 0 Å². The Balaban J connectivity index is 0.000000850. The van der Waals surface area contributed by atoms with Crippen LogP contribution >= 0.6 is 11.3 Å². The lowest BCUT2D eigenvalue weighted by Gasteiger charge is -2.33. The fraction of sp³-hybridized carbons (Fsp3) is 0.433. The molecule has 1 amide bonds. The maximum Gasteiger partial charge on any atom is 0.416 e. The van der Waals surface area contributed by atoms with Crippen LogP contribution in [0.15, 0.2) is 42.5 Å². The molecule has 4 rings (SSSR count). The number of aromatic nitrogens is 1. The zero-order valence-electron chi connectivity index (χ0n) is 23.6. The topological polar surface area (TPSA) is 89.0 Å². The summed E-state index contributed by atoms with van der Waals surface area (Å²) in [5.41, 5.74) is 2.15. The van der Waals surface area contributed by atoms with Gasteiger partial charge in [-0.3, -0.25) is 4.79 Å². The summed E-state index contributed by atoms with van der Waals surface area (Å²) in [5, 5.41) is 9.41. The summed E-state index contributed by atoms with van der Waals surface area (Å²) in [6.45, 7) is 9.90. The molecule has 0 radical (unpaired) electrons. The molecule has 1 aliphatic rings. The number of aryl methyl sites for hydroxylation is 2. The number of amides is 1. The number of hydrogen-bond donors (Lipinski definition) is 1. The zero-order chi connectivity index (χ0) is 30.2. The Morgan fingerprint density at radius 1 is 1.10 bits per heavy atom. The van der Waals surface area contributed by atoms with Crippen molar-refractivity contribution in [3.8, 4) is 16.3 Å². The van der Waals surface area contributed by atoms with Crippen molar-refractivity contribution in [3.63, 3.8) is 0 Å². The SMILES string of the molecule is CCOCC.Cc1ccc(C2CCCN(C(=O)c3sc(-c4ccc(C(F)(F)F)cc4)nc3C)C2)cc1OCC(=O)O. The molecule has 2 heterocycles. The number of aliphatic carboxylic acids is 1. The normalized spacial score (nSPS) is 15.2. The second-order valence-corrected chi connectivity index (χ2v) is 10.6. The Hall–Kier alpha value is -3.44. The van der Waals surface area contributed by atoms with E-state index in [4.69, 9.17) is 14.6 Å². The predicted molar refractivity (Wildman–Crippen MR) is 152 cm³/mol. The number of alkyl halides is 3. The Bertz CT molecular complexity index is 1320. The molecule has 0 saturated carbocycles. The number of piperidine rings is 1. The van der Waals surface area contributed by atoms with Gasteiger partial charge in [-0.25, -0.2) is 9.78 Å². The van der Waals surface area contributed by atoms with Crippen LogP contribution in [-0.2, 0) is 15.7 Å². The van der Waals surface area contributed by atoms with Gasteiger partial charge in [-0.15, -0.1) is 11.3 Å². The van der Waals surface area contributed by atoms with Crippen molar-refractivity contribution in [3.05, 3.63) is 69.7 Å². The predicted octanol–water partition coefficient (Wildman–Crippen LogP) is 6.97. The second kappa shape index (κ2) is 14.5. The van der Waals surface area contributed by atoms with E-state index in [0.717, 1.165) is 49.3 Å². The van der Waals surface area contributed by atoms with Gasteiger partial charge in [-0.05, 0) is 69.9 Å². The van der Waals surface area contributed by atoms with Crippen LogP contribution in [0.25, 0.3) is 10.6 Å². The lowest BCUT2D eigenvalue weighted by Crippen LogP contribution is -2.39. The molecule has 1 aromatic heterocycles. The van der Waals surface area contributed by atoms with Crippen molar-refractivity contribution >= 4 is 23.2 Å². The molecule has 1 N–H and O–H groups in total. The summed E-state index contributed by atoms with van der Waals surface area (Å²) in [4.78, 5) is 31.0. The minimum absolute atomic E-state index is 0.0677. The highest BCUT2D eigenvalue weighted by Gasteiger charge is 2.31. The molecule has 0 spiro atoms. The first-order valence-electron chi connectivity index (χ1n) is 13.4. The Morgan fingerprint density at radius 2 is 1.78 bits per heavy atom. The first-order chi connectivity index (χ1) is 19.4. The van der Waals surface area contributed by atoms with Gasteiger partial charge < -0.3 is 19.5 Å². The van der Waals surface area contributed by atoms with Gasteiger partial charge >= 0.3 is 12.1 Å². The van der Waals surface area contributed by atoms with Crippen LogP contribution in [-0.4, -0.2) is 59.8 Å². The average Bonchev–Trinajstić information content (AvgIpc) is 3.34. The van der Waals surface area contributed by atoms with Crippen molar-refractivity contribution in [1.82, 2.24) is 9.88 Å². The third kappa shape index (κ3) is 8.77. The molecule has 0 bridgehead atoms. The van der Waals surface area contributed by atoms with E-state index in [9.17, 15) is 22.8 Å². The van der Waals surface area contributed by atoms with Crippen molar-refractivity contribution in [2.75, 3.05) is 32.9 Å². The van der Waals surface area contributed by atoms with E-state index in [0.29, 0.717) is 40.0 Å². The van der Waals surface area contributed by atoms with Crippen LogP contribution in [0.1, 0.15) is 64.7 Å². The minimum atomic E-state index is -4.41. The molecule has 2 aromatic carbocycles. The van der Waals surface area contributed by atoms with Crippen molar-refractivity contribution in [2.45, 2.75) is 52.6 Å². The van der Waals surface area contributed by atoms with Crippen LogP contribution < -0.4 is 4.74 Å². The highest BCUT2D eigenvalue weighted by Crippen LogP contribution is 2.35. The second-order valence-electron chi connectivity index (χ2n) is 9.59. The highest BCUT2D eigenvalue weighted by atomic mass is 32.1. The van der Waals surface area contributed by atoms with Gasteiger partial charge in [0.05, 0.1) is 11.3 Å². The highest BCUT2D eigenvalue weighted by molar-refractivity contribution is 7.17. The van der Waals surface area contributed by atoms with Crippen LogP contribution in [0.5, 0.6) is 5.75 Å². The maximum absolute atomic E-state index is 13.4. The molecule has 41 heavy (non-hydrogen) atoms. The van der Waals surface area contributed by atoms with Gasteiger partial charge in [0, 0.05) is 37.8 Å². The Kier molecular flexibility index (Phi) is 11.3. The van der Waals surface area contributed by atoms with Crippen LogP contribution in [0, 0.1) is 13.8 Å². The molecule has 0 aliphatic carbocycles. The molecular formula is C30H35F3N2O5S. The summed E-state index contributed by atoms with van der Waals surface area (Å²) >= 11 is 1.18. The van der Waals surface area contributed by atoms with Gasteiger partial charge in [0.15, 0.2) is 6.61 Å². The number of rotatable bonds is 8. The first kappa shape index (κ1) is 32.1. The fourth-order valence-electron chi connectivity index (χ4n) is 4.47. The first-order valence-corrected chi connectivity index (χ1v) is 14.2. The van der Waals surface area contributed by atoms with E-state index in [1.54, 1.807) is 11.8 Å². The lowest BCUT2D eigenvalue weighted by atomic mass is 9.89. The number of nitrogens with zero attached hydrogens (tertiary/aromatic N) is 2. The van der Waals surface area contributed by atoms with Gasteiger partial charge in [0.2, 0.25) is 0 Å². The third-order valence-corrected chi connectivity index (χ3v) is 7.80. The molecule has 1 fully saturated rings. The maximum atomic E-state index is 13.4. The van der Waals surface area contributed by atoms with Gasteiger partial charge in [-0.1, -0.05) is 24.3 Å². The number of likely N-dealkylation sites (tertiary alicyclic amines) is 1. The molecule has 1 aliphatic heterocycles. The zero-order valence-corrected chi connectivity index (χ0v) is 24.4. The number of carbonyl (C=O) groups excluding carboxylic acids is 1. The van der Waals surface area contributed by atoms with Crippen molar-refractivity contribution in [1.29, 1.82) is 0 Å². The number of carbonyl (C=O) groups is 2. The van der Waals surface area contributed by atoms with E-state index in [1.807, 2.05) is 39.0 Å². The summed E-state index contributed by atoms with van der Waals surface area (Å²) < 4.78 is 48.9. The van der Waals surface area contributed by atoms with E-state index in [1.165, 1.54) is 23.5 Å². The standard InChI is InChI=1S/C26H25F3N2O4S.C4H10O/c1-15-5-6-18(12-21(15)35-14-22(32)33)19-4-3-11-31(13-19)25(34)23-16(2)30-24(36-23)17-7-9-20(10-8-17)26(27,28)29;1-3-5-4-2/h5-10,12,19H,3-4,11,13-14H2,1-2H3,(H,32,33);3-4H2,1-2H3. The monoisotopic (exact) mass is 592 g/mol.